The highest BCUT2D eigenvalue weighted by Crippen LogP contribution is 2.21. The molecular weight excluding hydrogens is 432 g/mol. The number of aliphatic carboxylic acids is 1. The lowest BCUT2D eigenvalue weighted by Gasteiger charge is -2.15. The van der Waals surface area contributed by atoms with E-state index in [9.17, 15) is 19.2 Å². The molecule has 0 aliphatic carbocycles. The summed E-state index contributed by atoms with van der Waals surface area (Å²) < 4.78 is 13.6. The van der Waals surface area contributed by atoms with E-state index in [0.29, 0.717) is 18.1 Å². The SMILES string of the molecule is C=C(CC(CC)CCCC)C(=O)OCC.C=C(O)C(=O)OCC.CCOC(=O)/C=C\C(=O)O. The highest BCUT2D eigenvalue weighted by Gasteiger charge is 2.13. The fourth-order valence-corrected chi connectivity index (χ4v) is 2.15. The van der Waals surface area contributed by atoms with Gasteiger partial charge in [0.25, 0.3) is 0 Å². The molecule has 33 heavy (non-hydrogen) atoms. The van der Waals surface area contributed by atoms with Gasteiger partial charge in [0, 0.05) is 17.7 Å². The largest absolute Gasteiger partial charge is 0.502 e. The summed E-state index contributed by atoms with van der Waals surface area (Å²) in [7, 11) is 0. The van der Waals surface area contributed by atoms with Gasteiger partial charge in [0.05, 0.1) is 19.8 Å². The van der Waals surface area contributed by atoms with Crippen LogP contribution in [0.15, 0.2) is 36.6 Å². The average molecular weight is 473 g/mol. The number of hydrogen-bond donors (Lipinski definition) is 2. The minimum Gasteiger partial charge on any atom is -0.502 e. The number of aliphatic hydroxyl groups is 1. The Labute approximate surface area is 197 Å². The van der Waals surface area contributed by atoms with Crippen LogP contribution in [0.5, 0.6) is 0 Å². The van der Waals surface area contributed by atoms with E-state index in [-0.39, 0.29) is 19.2 Å². The number of rotatable bonds is 13. The van der Waals surface area contributed by atoms with Gasteiger partial charge < -0.3 is 24.4 Å². The van der Waals surface area contributed by atoms with Crippen LogP contribution >= 0.6 is 0 Å². The van der Waals surface area contributed by atoms with Crippen LogP contribution in [-0.4, -0.2) is 53.9 Å². The number of ether oxygens (including phenoxy) is 3. The zero-order chi connectivity index (χ0) is 26.2. The summed E-state index contributed by atoms with van der Waals surface area (Å²) in [5, 5.41) is 16.3. The highest BCUT2D eigenvalue weighted by atomic mass is 16.5. The lowest BCUT2D eigenvalue weighted by atomic mass is 9.92. The number of esters is 3. The van der Waals surface area contributed by atoms with E-state index in [0.717, 1.165) is 25.0 Å². The van der Waals surface area contributed by atoms with E-state index < -0.39 is 23.7 Å². The Balaban J connectivity index is -0.000000435. The first kappa shape index (κ1) is 34.5. The lowest BCUT2D eigenvalue weighted by molar-refractivity contribution is -0.141. The van der Waals surface area contributed by atoms with Gasteiger partial charge in [-0.05, 0) is 39.7 Å². The van der Waals surface area contributed by atoms with Crippen LogP contribution in [0.2, 0.25) is 0 Å². The van der Waals surface area contributed by atoms with Gasteiger partial charge in [-0.15, -0.1) is 0 Å². The minimum atomic E-state index is -1.16. The predicted molar refractivity (Wildman–Crippen MR) is 126 cm³/mol. The summed E-state index contributed by atoms with van der Waals surface area (Å²) in [4.78, 5) is 41.7. The number of unbranched alkanes of at least 4 members (excludes halogenated alkanes) is 1. The van der Waals surface area contributed by atoms with Crippen molar-refractivity contribution in [3.8, 4) is 0 Å². The second kappa shape index (κ2) is 23.6. The predicted octanol–water partition coefficient (Wildman–Crippen LogP) is 4.52. The van der Waals surface area contributed by atoms with Crippen LogP contribution in [0, 0.1) is 5.92 Å². The third-order valence-electron chi connectivity index (χ3n) is 3.80. The normalized spacial score (nSPS) is 10.5. The van der Waals surface area contributed by atoms with Crippen molar-refractivity contribution in [3.05, 3.63) is 36.6 Å². The summed E-state index contributed by atoms with van der Waals surface area (Å²) >= 11 is 0. The Bertz CT molecular complexity index is 636. The number of carboxylic acids is 1. The van der Waals surface area contributed by atoms with Gasteiger partial charge in [-0.1, -0.05) is 46.1 Å². The van der Waals surface area contributed by atoms with Crippen molar-refractivity contribution in [2.45, 2.75) is 66.7 Å². The molecule has 2 N–H and O–H groups in total. The number of carboxylic acid groups (broad SMARTS) is 1. The van der Waals surface area contributed by atoms with E-state index >= 15 is 0 Å². The maximum Gasteiger partial charge on any atom is 0.372 e. The third kappa shape index (κ3) is 25.0. The van der Waals surface area contributed by atoms with Crippen LogP contribution in [0.4, 0.5) is 0 Å². The zero-order valence-corrected chi connectivity index (χ0v) is 20.6. The molecule has 1 unspecified atom stereocenters. The molecular formula is C24H40O9. The summed E-state index contributed by atoms with van der Waals surface area (Å²) in [6.07, 6.45) is 7.13. The van der Waals surface area contributed by atoms with Crippen molar-refractivity contribution in [2.75, 3.05) is 19.8 Å². The molecule has 1 atom stereocenters. The van der Waals surface area contributed by atoms with Gasteiger partial charge in [-0.2, -0.15) is 0 Å². The second-order valence-electron chi connectivity index (χ2n) is 6.54. The summed E-state index contributed by atoms with van der Waals surface area (Å²) in [5.74, 6) is -2.74. The highest BCUT2D eigenvalue weighted by molar-refractivity contribution is 5.90. The molecule has 0 aliphatic rings. The summed E-state index contributed by atoms with van der Waals surface area (Å²) in [5.41, 5.74) is 0.625. The Kier molecular flexibility index (Phi) is 24.6. The van der Waals surface area contributed by atoms with Gasteiger partial charge >= 0.3 is 23.9 Å². The van der Waals surface area contributed by atoms with Crippen LogP contribution in [0.3, 0.4) is 0 Å². The van der Waals surface area contributed by atoms with Gasteiger partial charge in [0.2, 0.25) is 0 Å². The molecule has 0 bridgehead atoms. The molecule has 0 aromatic heterocycles. The monoisotopic (exact) mass is 472 g/mol. The molecule has 0 radical (unpaired) electrons. The van der Waals surface area contributed by atoms with Crippen molar-refractivity contribution < 1.29 is 43.6 Å². The first-order valence-electron chi connectivity index (χ1n) is 11.0. The first-order chi connectivity index (χ1) is 15.5. The molecule has 9 heteroatoms. The minimum absolute atomic E-state index is 0.229. The van der Waals surface area contributed by atoms with E-state index in [1.165, 1.54) is 19.3 Å². The van der Waals surface area contributed by atoms with E-state index in [2.05, 4.69) is 36.5 Å². The molecule has 0 heterocycles. The van der Waals surface area contributed by atoms with E-state index in [1.807, 2.05) is 6.92 Å². The molecule has 0 spiro atoms. The van der Waals surface area contributed by atoms with Crippen molar-refractivity contribution in [1.82, 2.24) is 0 Å². The molecule has 0 rings (SSSR count). The number of hydrogen-bond acceptors (Lipinski definition) is 8. The average Bonchev–Trinajstić information content (AvgIpc) is 2.76. The first-order valence-corrected chi connectivity index (χ1v) is 11.0. The van der Waals surface area contributed by atoms with Crippen molar-refractivity contribution >= 4 is 23.9 Å². The van der Waals surface area contributed by atoms with Crippen LogP contribution in [0.1, 0.15) is 66.7 Å². The quantitative estimate of drug-likeness (QED) is 0.171. The van der Waals surface area contributed by atoms with Gasteiger partial charge in [-0.25, -0.2) is 19.2 Å². The Hall–Kier alpha value is -3.10. The molecule has 0 aromatic rings. The van der Waals surface area contributed by atoms with Crippen LogP contribution in [0.25, 0.3) is 0 Å². The fraction of sp³-hybridized carbons (Fsp3) is 0.583. The molecule has 0 amide bonds. The molecule has 0 aliphatic heterocycles. The molecule has 9 nitrogen and oxygen atoms in total. The Morgan fingerprint density at radius 3 is 1.70 bits per heavy atom. The second-order valence-corrected chi connectivity index (χ2v) is 6.54. The zero-order valence-electron chi connectivity index (χ0n) is 20.6. The standard InChI is InChI=1S/C13H24O2.C6H8O4.C5H8O3/c1-5-8-9-12(6-2)10-11(4)13(14)15-7-3;1-2-10-6(9)4-3-5(7)8;1-3-8-5(7)4(2)6/h12H,4-10H2,1-3H3;3-4H,2H2,1H3,(H,7,8);6H,2-3H2,1H3/b;4-3-;. The van der Waals surface area contributed by atoms with Crippen molar-refractivity contribution in [3.63, 3.8) is 0 Å². The van der Waals surface area contributed by atoms with Gasteiger partial charge in [-0.3, -0.25) is 0 Å². The van der Waals surface area contributed by atoms with Gasteiger partial charge in [0.15, 0.2) is 5.76 Å². The summed E-state index contributed by atoms with van der Waals surface area (Å²) in [6.45, 7) is 17.2. The molecule has 0 saturated carbocycles. The van der Waals surface area contributed by atoms with E-state index in [4.69, 9.17) is 14.9 Å². The van der Waals surface area contributed by atoms with Crippen molar-refractivity contribution in [2.24, 2.45) is 5.92 Å². The van der Waals surface area contributed by atoms with Crippen LogP contribution < -0.4 is 0 Å². The molecule has 190 valence electrons. The van der Waals surface area contributed by atoms with Crippen molar-refractivity contribution in [1.29, 1.82) is 0 Å². The summed E-state index contributed by atoms with van der Waals surface area (Å²) in [6, 6.07) is 0. The molecule has 0 saturated heterocycles. The van der Waals surface area contributed by atoms with E-state index in [1.54, 1.807) is 13.8 Å². The molecule has 0 fully saturated rings. The maximum absolute atomic E-state index is 11.3. The maximum atomic E-state index is 11.3. The number of carbonyl (C=O) groups is 4. The Morgan fingerprint density at radius 1 is 0.818 bits per heavy atom. The van der Waals surface area contributed by atoms with Crippen LogP contribution in [-0.2, 0) is 33.4 Å². The number of carbonyl (C=O) groups excluding carboxylic acids is 3. The Morgan fingerprint density at radius 2 is 1.33 bits per heavy atom. The lowest BCUT2D eigenvalue weighted by Crippen LogP contribution is -2.10. The third-order valence-corrected chi connectivity index (χ3v) is 3.80. The fourth-order valence-electron chi connectivity index (χ4n) is 2.15. The number of aliphatic hydroxyl groups excluding tert-OH is 1. The smallest absolute Gasteiger partial charge is 0.372 e. The topological polar surface area (TPSA) is 136 Å². The van der Waals surface area contributed by atoms with Gasteiger partial charge in [0.1, 0.15) is 0 Å². The molecule has 0 aromatic carbocycles.